The average Bonchev–Trinajstić information content (AvgIpc) is 2.71. The molecule has 2 N–H and O–H groups in total. The number of nitrogens with zero attached hydrogens (tertiary/aromatic N) is 3. The van der Waals surface area contributed by atoms with Gasteiger partial charge in [0.25, 0.3) is 0 Å². The van der Waals surface area contributed by atoms with Gasteiger partial charge in [0.15, 0.2) is 0 Å². The van der Waals surface area contributed by atoms with Crippen LogP contribution in [0.25, 0.3) is 0 Å². The Hall–Kier alpha value is -1.07. The Kier molecular flexibility index (Phi) is 3.50. The summed E-state index contributed by atoms with van der Waals surface area (Å²) in [4.78, 5) is 2.30. The molecule has 1 saturated carbocycles. The lowest BCUT2D eigenvalue weighted by molar-refractivity contribution is -0.0614. The molecule has 1 aliphatic heterocycles. The first-order valence-corrected chi connectivity index (χ1v) is 7.66. The minimum Gasteiger partial charge on any atom is -0.391 e. The second kappa shape index (κ2) is 5.04. The molecule has 0 spiro atoms. The lowest BCUT2D eigenvalue weighted by atomic mass is 9.71. The second-order valence-corrected chi connectivity index (χ2v) is 6.41. The third-order valence-electron chi connectivity index (χ3n) is 5.20. The van der Waals surface area contributed by atoms with Crippen molar-refractivity contribution in [3.63, 3.8) is 0 Å². The maximum atomic E-state index is 10.8. The van der Waals surface area contributed by atoms with Gasteiger partial charge in [-0.05, 0) is 26.2 Å². The highest BCUT2D eigenvalue weighted by molar-refractivity contribution is 5.50. The second-order valence-electron chi connectivity index (χ2n) is 6.41. The number of aromatic nitrogens is 2. The van der Waals surface area contributed by atoms with Crippen LogP contribution in [-0.2, 0) is 13.7 Å². The number of aryl methyl sites for hydroxylation is 2. The molecule has 0 bridgehead atoms. The van der Waals surface area contributed by atoms with Gasteiger partial charge in [0, 0.05) is 31.6 Å². The summed E-state index contributed by atoms with van der Waals surface area (Å²) < 4.78 is 1.87. The van der Waals surface area contributed by atoms with Gasteiger partial charge in [-0.3, -0.25) is 4.68 Å². The molecule has 0 aromatic carbocycles. The Labute approximate surface area is 120 Å². The smallest absolute Gasteiger partial charge is 0.132 e. The summed E-state index contributed by atoms with van der Waals surface area (Å²) in [5.41, 5.74) is 1.37. The lowest BCUT2D eigenvalue weighted by Crippen LogP contribution is -2.53. The molecule has 3 rings (SSSR count). The van der Waals surface area contributed by atoms with Gasteiger partial charge in [-0.2, -0.15) is 5.10 Å². The molecule has 112 valence electrons. The number of aliphatic hydroxyl groups excluding tert-OH is 1. The SMILES string of the molecule is Cc1nn(C)c(N2CCC3(O)CCCCC3C2)c1CO. The highest BCUT2D eigenvalue weighted by atomic mass is 16.3. The van der Waals surface area contributed by atoms with E-state index in [9.17, 15) is 10.2 Å². The molecule has 2 fully saturated rings. The van der Waals surface area contributed by atoms with Crippen LogP contribution < -0.4 is 4.90 Å². The Bertz CT molecular complexity index is 500. The van der Waals surface area contributed by atoms with Crippen LogP contribution in [-0.4, -0.2) is 38.7 Å². The van der Waals surface area contributed by atoms with Crippen molar-refractivity contribution in [1.82, 2.24) is 9.78 Å². The number of piperidine rings is 1. The molecule has 0 amide bonds. The van der Waals surface area contributed by atoms with Crippen LogP contribution in [0, 0.1) is 12.8 Å². The predicted molar refractivity (Wildman–Crippen MR) is 77.6 cm³/mol. The van der Waals surface area contributed by atoms with Gasteiger partial charge in [0.1, 0.15) is 5.82 Å². The van der Waals surface area contributed by atoms with E-state index < -0.39 is 5.60 Å². The van der Waals surface area contributed by atoms with Crippen LogP contribution in [0.5, 0.6) is 0 Å². The third-order valence-corrected chi connectivity index (χ3v) is 5.20. The van der Waals surface area contributed by atoms with E-state index >= 15 is 0 Å². The Balaban J connectivity index is 1.86. The van der Waals surface area contributed by atoms with E-state index in [1.54, 1.807) is 0 Å². The van der Waals surface area contributed by atoms with Crippen molar-refractivity contribution in [2.75, 3.05) is 18.0 Å². The zero-order chi connectivity index (χ0) is 14.3. The fourth-order valence-corrected chi connectivity index (χ4v) is 4.03. The molecule has 1 saturated heterocycles. The summed E-state index contributed by atoms with van der Waals surface area (Å²) >= 11 is 0. The summed E-state index contributed by atoms with van der Waals surface area (Å²) in [6, 6.07) is 0. The van der Waals surface area contributed by atoms with Crippen LogP contribution in [0.3, 0.4) is 0 Å². The number of hydrogen-bond donors (Lipinski definition) is 2. The van der Waals surface area contributed by atoms with Crippen molar-refractivity contribution in [1.29, 1.82) is 0 Å². The molecule has 2 aliphatic rings. The molecule has 2 heterocycles. The van der Waals surface area contributed by atoms with Gasteiger partial charge in [0.05, 0.1) is 17.9 Å². The summed E-state index contributed by atoms with van der Waals surface area (Å²) in [6.07, 6.45) is 5.26. The molecule has 1 aromatic heterocycles. The van der Waals surface area contributed by atoms with Crippen LogP contribution in [0.15, 0.2) is 0 Å². The zero-order valence-corrected chi connectivity index (χ0v) is 12.5. The van der Waals surface area contributed by atoms with Gasteiger partial charge in [-0.1, -0.05) is 12.8 Å². The highest BCUT2D eigenvalue weighted by Crippen LogP contribution is 2.41. The van der Waals surface area contributed by atoms with E-state index in [0.29, 0.717) is 5.92 Å². The molecule has 5 nitrogen and oxygen atoms in total. The van der Waals surface area contributed by atoms with Crippen LogP contribution in [0.4, 0.5) is 5.82 Å². The van der Waals surface area contributed by atoms with Crippen molar-refractivity contribution in [3.8, 4) is 0 Å². The topological polar surface area (TPSA) is 61.5 Å². The van der Waals surface area contributed by atoms with E-state index in [2.05, 4.69) is 10.00 Å². The van der Waals surface area contributed by atoms with Crippen molar-refractivity contribution in [3.05, 3.63) is 11.3 Å². The quantitative estimate of drug-likeness (QED) is 0.858. The number of fused-ring (bicyclic) bond motifs is 1. The summed E-state index contributed by atoms with van der Waals surface area (Å²) in [6.45, 7) is 3.69. The van der Waals surface area contributed by atoms with Crippen molar-refractivity contribution in [2.24, 2.45) is 13.0 Å². The molecule has 5 heteroatoms. The predicted octanol–water partition coefficient (Wildman–Crippen LogP) is 1.35. The third kappa shape index (κ3) is 2.13. The first-order valence-electron chi connectivity index (χ1n) is 7.66. The summed E-state index contributed by atoms with van der Waals surface area (Å²) in [5, 5.41) is 24.8. The first-order chi connectivity index (χ1) is 9.55. The molecular weight excluding hydrogens is 254 g/mol. The van der Waals surface area contributed by atoms with Crippen molar-refractivity contribution < 1.29 is 10.2 Å². The van der Waals surface area contributed by atoms with Crippen LogP contribution in [0.1, 0.15) is 43.4 Å². The van der Waals surface area contributed by atoms with Gasteiger partial charge in [0.2, 0.25) is 0 Å². The number of anilines is 1. The fraction of sp³-hybridized carbons (Fsp3) is 0.800. The van der Waals surface area contributed by atoms with Gasteiger partial charge in [-0.15, -0.1) is 0 Å². The summed E-state index contributed by atoms with van der Waals surface area (Å²) in [5.74, 6) is 1.38. The zero-order valence-electron chi connectivity index (χ0n) is 12.5. The number of hydrogen-bond acceptors (Lipinski definition) is 4. The van der Waals surface area contributed by atoms with Gasteiger partial charge < -0.3 is 15.1 Å². The van der Waals surface area contributed by atoms with E-state index in [4.69, 9.17) is 0 Å². The maximum Gasteiger partial charge on any atom is 0.132 e. The minimum absolute atomic E-state index is 0.0282. The molecule has 2 unspecified atom stereocenters. The summed E-state index contributed by atoms with van der Waals surface area (Å²) in [7, 11) is 1.93. The van der Waals surface area contributed by atoms with Gasteiger partial charge >= 0.3 is 0 Å². The molecule has 2 atom stereocenters. The fourth-order valence-electron chi connectivity index (χ4n) is 4.03. The number of rotatable bonds is 2. The molecular formula is C15H25N3O2. The Morgan fingerprint density at radius 3 is 2.90 bits per heavy atom. The van der Waals surface area contributed by atoms with Gasteiger partial charge in [-0.25, -0.2) is 0 Å². The van der Waals surface area contributed by atoms with E-state index in [-0.39, 0.29) is 6.61 Å². The number of aliphatic hydroxyl groups is 2. The minimum atomic E-state index is -0.457. The maximum absolute atomic E-state index is 10.8. The molecule has 1 aromatic rings. The molecule has 1 aliphatic carbocycles. The Morgan fingerprint density at radius 2 is 2.15 bits per heavy atom. The first kappa shape index (κ1) is 13.9. The molecule has 0 radical (unpaired) electrons. The highest BCUT2D eigenvalue weighted by Gasteiger charge is 2.43. The van der Waals surface area contributed by atoms with E-state index in [1.807, 2.05) is 18.7 Å². The van der Waals surface area contributed by atoms with Crippen molar-refractivity contribution in [2.45, 2.75) is 51.2 Å². The van der Waals surface area contributed by atoms with Crippen LogP contribution >= 0.6 is 0 Å². The largest absolute Gasteiger partial charge is 0.391 e. The normalized spacial score (nSPS) is 30.4. The van der Waals surface area contributed by atoms with E-state index in [0.717, 1.165) is 55.8 Å². The van der Waals surface area contributed by atoms with E-state index in [1.165, 1.54) is 6.42 Å². The van der Waals surface area contributed by atoms with Crippen LogP contribution in [0.2, 0.25) is 0 Å². The standard InChI is InChI=1S/C15H25N3O2/c1-11-13(10-19)14(17(2)16-11)18-8-7-15(20)6-4-3-5-12(15)9-18/h12,19-20H,3-10H2,1-2H3. The average molecular weight is 279 g/mol. The Morgan fingerprint density at radius 1 is 1.35 bits per heavy atom. The lowest BCUT2D eigenvalue weighted by Gasteiger charge is -2.48. The van der Waals surface area contributed by atoms with Crippen molar-refractivity contribution >= 4 is 5.82 Å². The monoisotopic (exact) mass is 279 g/mol. The molecule has 20 heavy (non-hydrogen) atoms.